The molecule has 3 nitrogen and oxygen atoms in total. The molecule has 90 valence electrons. The van der Waals surface area contributed by atoms with E-state index in [2.05, 4.69) is 4.72 Å². The van der Waals surface area contributed by atoms with E-state index in [0.29, 0.717) is 5.69 Å². The lowest BCUT2D eigenvalue weighted by molar-refractivity contribution is 0.601. The maximum atomic E-state index is 11.9. The van der Waals surface area contributed by atoms with Crippen LogP contribution in [0.1, 0.15) is 0 Å². The Labute approximate surface area is 107 Å². The molecule has 2 rings (SSSR count). The molecular weight excluding hydrogens is 258 g/mol. The second-order valence-corrected chi connectivity index (χ2v) is 4.97. The molecule has 0 amide bonds. The predicted molar refractivity (Wildman–Crippen MR) is 70.9 cm³/mol. The first-order chi connectivity index (χ1) is 7.68. The lowest BCUT2D eigenvalue weighted by Crippen LogP contribution is -2.12. The highest BCUT2D eigenvalue weighted by Gasteiger charge is 2.12. The van der Waals surface area contributed by atoms with Crippen LogP contribution in [0.3, 0.4) is 0 Å². The molecule has 17 heavy (non-hydrogen) atoms. The second-order valence-electron chi connectivity index (χ2n) is 3.28. The van der Waals surface area contributed by atoms with Crippen molar-refractivity contribution in [1.82, 2.24) is 0 Å². The Morgan fingerprint density at radius 3 is 1.76 bits per heavy atom. The summed E-state index contributed by atoms with van der Waals surface area (Å²) in [6, 6.07) is 17.1. The Kier molecular flexibility index (Phi) is 4.54. The Hall–Kier alpha value is -1.52. The largest absolute Gasteiger partial charge is 0.280 e. The van der Waals surface area contributed by atoms with Gasteiger partial charge in [-0.25, -0.2) is 8.42 Å². The first-order valence-electron chi connectivity index (χ1n) is 4.81. The van der Waals surface area contributed by atoms with Crippen molar-refractivity contribution in [3.05, 3.63) is 60.7 Å². The Morgan fingerprint density at radius 1 is 0.765 bits per heavy atom. The number of hydrogen-bond donors (Lipinski definition) is 1. The molecule has 0 bridgehead atoms. The number of para-hydroxylation sites is 1. The minimum Gasteiger partial charge on any atom is -0.280 e. The van der Waals surface area contributed by atoms with Crippen molar-refractivity contribution in [2.75, 3.05) is 4.72 Å². The molecular formula is C12H12ClNO2S. The molecule has 0 unspecified atom stereocenters. The normalized spacial score (nSPS) is 10.4. The van der Waals surface area contributed by atoms with Gasteiger partial charge in [-0.3, -0.25) is 4.72 Å². The fourth-order valence-corrected chi connectivity index (χ4v) is 2.40. The van der Waals surface area contributed by atoms with Crippen LogP contribution in [0.15, 0.2) is 65.6 Å². The Morgan fingerprint density at radius 2 is 1.24 bits per heavy atom. The zero-order chi connectivity index (χ0) is 11.4. The van der Waals surface area contributed by atoms with Crippen LogP contribution in [0.4, 0.5) is 5.69 Å². The van der Waals surface area contributed by atoms with Crippen molar-refractivity contribution in [1.29, 1.82) is 0 Å². The van der Waals surface area contributed by atoms with Crippen LogP contribution in [-0.4, -0.2) is 8.42 Å². The van der Waals surface area contributed by atoms with Crippen LogP contribution >= 0.6 is 12.4 Å². The average Bonchev–Trinajstić information content (AvgIpc) is 2.31. The lowest BCUT2D eigenvalue weighted by Gasteiger charge is -2.07. The van der Waals surface area contributed by atoms with Gasteiger partial charge in [-0.1, -0.05) is 36.4 Å². The van der Waals surface area contributed by atoms with Crippen LogP contribution in [0.5, 0.6) is 0 Å². The number of anilines is 1. The van der Waals surface area contributed by atoms with Gasteiger partial charge in [0, 0.05) is 5.69 Å². The summed E-state index contributed by atoms with van der Waals surface area (Å²) in [6.07, 6.45) is 0. The Balaban J connectivity index is 0.00000144. The van der Waals surface area contributed by atoms with E-state index in [4.69, 9.17) is 0 Å². The molecule has 5 heteroatoms. The standard InChI is InChI=1S/C12H11NO2S.ClH/c14-16(15,12-9-5-2-6-10-12)13-11-7-3-1-4-8-11;/h1-10,13H;1H. The van der Waals surface area contributed by atoms with Crippen LogP contribution < -0.4 is 4.72 Å². The molecule has 2 aromatic carbocycles. The highest BCUT2D eigenvalue weighted by atomic mass is 35.5. The maximum Gasteiger partial charge on any atom is 0.261 e. The minimum atomic E-state index is -3.46. The predicted octanol–water partition coefficient (Wildman–Crippen LogP) is 2.91. The average molecular weight is 270 g/mol. The smallest absolute Gasteiger partial charge is 0.261 e. The molecule has 1 N–H and O–H groups in total. The summed E-state index contributed by atoms with van der Waals surface area (Å²) >= 11 is 0. The van der Waals surface area contributed by atoms with E-state index < -0.39 is 10.0 Å². The number of sulfonamides is 1. The highest BCUT2D eigenvalue weighted by Crippen LogP contribution is 2.14. The van der Waals surface area contributed by atoms with Gasteiger partial charge in [-0.15, -0.1) is 12.4 Å². The van der Waals surface area contributed by atoms with Gasteiger partial charge in [0.15, 0.2) is 0 Å². The van der Waals surface area contributed by atoms with E-state index in [9.17, 15) is 8.42 Å². The summed E-state index contributed by atoms with van der Waals surface area (Å²) in [5, 5.41) is 0. The van der Waals surface area contributed by atoms with Gasteiger partial charge in [-0.05, 0) is 24.3 Å². The van der Waals surface area contributed by atoms with E-state index in [1.165, 1.54) is 0 Å². The van der Waals surface area contributed by atoms with Crippen molar-refractivity contribution in [3.63, 3.8) is 0 Å². The zero-order valence-electron chi connectivity index (χ0n) is 8.91. The van der Waals surface area contributed by atoms with Crippen molar-refractivity contribution in [2.45, 2.75) is 4.90 Å². The van der Waals surface area contributed by atoms with Gasteiger partial charge in [0.05, 0.1) is 4.90 Å². The summed E-state index contributed by atoms with van der Waals surface area (Å²) in [7, 11) is -3.46. The minimum absolute atomic E-state index is 0. The molecule has 0 radical (unpaired) electrons. The molecule has 0 fully saturated rings. The fourth-order valence-electron chi connectivity index (χ4n) is 1.32. The molecule has 0 atom stereocenters. The summed E-state index contributed by atoms with van der Waals surface area (Å²) < 4.78 is 26.3. The van der Waals surface area contributed by atoms with Gasteiger partial charge in [-0.2, -0.15) is 0 Å². The van der Waals surface area contributed by atoms with Gasteiger partial charge in [0.1, 0.15) is 0 Å². The molecule has 0 saturated carbocycles. The topological polar surface area (TPSA) is 46.2 Å². The monoisotopic (exact) mass is 269 g/mol. The van der Waals surface area contributed by atoms with E-state index in [1.54, 1.807) is 54.6 Å². The molecule has 0 aliphatic heterocycles. The fraction of sp³-hybridized carbons (Fsp3) is 0. The molecule has 0 aromatic heterocycles. The quantitative estimate of drug-likeness (QED) is 0.931. The first-order valence-corrected chi connectivity index (χ1v) is 6.30. The van der Waals surface area contributed by atoms with Crippen LogP contribution in [-0.2, 0) is 10.0 Å². The van der Waals surface area contributed by atoms with Gasteiger partial charge >= 0.3 is 0 Å². The maximum absolute atomic E-state index is 11.9. The Bertz CT molecular complexity index is 556. The van der Waals surface area contributed by atoms with Crippen molar-refractivity contribution >= 4 is 28.1 Å². The lowest BCUT2D eigenvalue weighted by atomic mass is 10.3. The zero-order valence-corrected chi connectivity index (χ0v) is 10.5. The molecule has 0 aliphatic carbocycles. The van der Waals surface area contributed by atoms with E-state index in [0.717, 1.165) is 0 Å². The van der Waals surface area contributed by atoms with Crippen LogP contribution in [0.2, 0.25) is 0 Å². The third-order valence-corrected chi connectivity index (χ3v) is 3.48. The van der Waals surface area contributed by atoms with Gasteiger partial charge in [0.2, 0.25) is 0 Å². The third kappa shape index (κ3) is 3.47. The number of nitrogens with one attached hydrogen (secondary N) is 1. The van der Waals surface area contributed by atoms with Crippen molar-refractivity contribution in [3.8, 4) is 0 Å². The molecule has 0 spiro atoms. The first kappa shape index (κ1) is 13.5. The van der Waals surface area contributed by atoms with Crippen LogP contribution in [0.25, 0.3) is 0 Å². The van der Waals surface area contributed by atoms with Crippen molar-refractivity contribution in [2.24, 2.45) is 0 Å². The molecule has 2 aromatic rings. The van der Waals surface area contributed by atoms with E-state index in [-0.39, 0.29) is 17.3 Å². The molecule has 0 aliphatic rings. The summed E-state index contributed by atoms with van der Waals surface area (Å²) in [5.74, 6) is 0. The van der Waals surface area contributed by atoms with E-state index >= 15 is 0 Å². The van der Waals surface area contributed by atoms with E-state index in [1.807, 2.05) is 6.07 Å². The molecule has 0 heterocycles. The summed E-state index contributed by atoms with van der Waals surface area (Å²) in [5.41, 5.74) is 0.561. The summed E-state index contributed by atoms with van der Waals surface area (Å²) in [6.45, 7) is 0. The highest BCUT2D eigenvalue weighted by molar-refractivity contribution is 7.92. The van der Waals surface area contributed by atoms with Gasteiger partial charge < -0.3 is 0 Å². The number of hydrogen-bond acceptors (Lipinski definition) is 2. The number of halogens is 1. The third-order valence-electron chi connectivity index (χ3n) is 2.08. The number of benzene rings is 2. The van der Waals surface area contributed by atoms with Crippen molar-refractivity contribution < 1.29 is 8.42 Å². The number of rotatable bonds is 3. The second kappa shape index (κ2) is 5.70. The molecule has 0 saturated heterocycles. The van der Waals surface area contributed by atoms with Gasteiger partial charge in [0.25, 0.3) is 10.0 Å². The SMILES string of the molecule is Cl.O=S(=O)(Nc1ccccc1)c1ccccc1. The van der Waals surface area contributed by atoms with Crippen LogP contribution in [0, 0.1) is 0 Å². The summed E-state index contributed by atoms with van der Waals surface area (Å²) in [4.78, 5) is 0.263.